The number of likely N-dealkylation sites (tertiary alicyclic amines) is 1. The van der Waals surface area contributed by atoms with Crippen LogP contribution in [0.1, 0.15) is 49.5 Å². The highest BCUT2D eigenvalue weighted by Crippen LogP contribution is 2.30. The van der Waals surface area contributed by atoms with Gasteiger partial charge in [0.1, 0.15) is 11.4 Å². The van der Waals surface area contributed by atoms with Gasteiger partial charge in [0.25, 0.3) is 0 Å². The van der Waals surface area contributed by atoms with Crippen LogP contribution in [0.15, 0.2) is 30.3 Å². The molecule has 1 heterocycles. The van der Waals surface area contributed by atoms with Crippen LogP contribution < -0.4 is 4.74 Å². The number of hydrogen-bond acceptors (Lipinski definition) is 5. The number of nitrogens with zero attached hydrogens (tertiary/aromatic N) is 1. The minimum atomic E-state index is -0.558. The van der Waals surface area contributed by atoms with Crippen LogP contribution in [-0.4, -0.2) is 47.7 Å². The standard InChI is InChI=1S/C23H29NO5/c1-23(2,3)29-22(27)24-11-5-6-17(13-24)21(26)16-7-9-18-15(12-16)8-10-20(28-4)19(18)14-25/h7-10,12,17,25H,5-6,11,13-14H2,1-4H3. The third-order valence-electron chi connectivity index (χ3n) is 5.19. The van der Waals surface area contributed by atoms with E-state index in [9.17, 15) is 14.7 Å². The lowest BCUT2D eigenvalue weighted by atomic mass is 9.89. The van der Waals surface area contributed by atoms with Gasteiger partial charge in [-0.1, -0.05) is 18.2 Å². The third-order valence-corrected chi connectivity index (χ3v) is 5.19. The van der Waals surface area contributed by atoms with Crippen molar-refractivity contribution in [3.05, 3.63) is 41.5 Å². The molecule has 0 saturated carbocycles. The number of ether oxygens (including phenoxy) is 2. The predicted molar refractivity (Wildman–Crippen MR) is 111 cm³/mol. The highest BCUT2D eigenvalue weighted by Gasteiger charge is 2.31. The second-order valence-corrected chi connectivity index (χ2v) is 8.47. The van der Waals surface area contributed by atoms with Crippen LogP contribution in [-0.2, 0) is 11.3 Å². The Morgan fingerprint density at radius 3 is 2.62 bits per heavy atom. The van der Waals surface area contributed by atoms with E-state index in [4.69, 9.17) is 9.47 Å². The zero-order chi connectivity index (χ0) is 21.2. The maximum absolute atomic E-state index is 13.1. The second-order valence-electron chi connectivity index (χ2n) is 8.47. The first-order valence-corrected chi connectivity index (χ1v) is 9.96. The molecule has 29 heavy (non-hydrogen) atoms. The molecule has 156 valence electrons. The number of Topliss-reactive ketones (excluding diaryl/α,β-unsaturated/α-hetero) is 1. The summed E-state index contributed by atoms with van der Waals surface area (Å²) in [6, 6.07) is 9.18. The van der Waals surface area contributed by atoms with Crippen molar-refractivity contribution < 1.29 is 24.2 Å². The first-order chi connectivity index (χ1) is 13.7. The molecule has 0 aliphatic carbocycles. The van der Waals surface area contributed by atoms with Crippen LogP contribution in [0, 0.1) is 5.92 Å². The lowest BCUT2D eigenvalue weighted by Gasteiger charge is -2.33. The number of fused-ring (bicyclic) bond motifs is 1. The van der Waals surface area contributed by atoms with E-state index in [-0.39, 0.29) is 24.4 Å². The molecule has 1 atom stereocenters. The van der Waals surface area contributed by atoms with E-state index in [2.05, 4.69) is 0 Å². The second kappa shape index (κ2) is 8.41. The van der Waals surface area contributed by atoms with Crippen LogP contribution >= 0.6 is 0 Å². The van der Waals surface area contributed by atoms with Crippen molar-refractivity contribution in [1.82, 2.24) is 4.90 Å². The normalized spacial score (nSPS) is 17.3. The Hall–Kier alpha value is -2.60. The molecule has 1 fully saturated rings. The zero-order valence-electron chi connectivity index (χ0n) is 17.5. The SMILES string of the molecule is COc1ccc2cc(C(=O)C3CCCN(C(=O)OC(C)(C)C)C3)ccc2c1CO. The van der Waals surface area contributed by atoms with E-state index in [0.717, 1.165) is 23.6 Å². The Morgan fingerprint density at radius 1 is 1.21 bits per heavy atom. The number of piperidine rings is 1. The Balaban J connectivity index is 1.80. The molecule has 1 aliphatic heterocycles. The molecule has 2 aromatic carbocycles. The Labute approximate surface area is 171 Å². The number of carbonyl (C=O) groups excluding carboxylic acids is 2. The molecular weight excluding hydrogens is 370 g/mol. The van der Waals surface area contributed by atoms with Crippen molar-refractivity contribution in [1.29, 1.82) is 0 Å². The van der Waals surface area contributed by atoms with E-state index in [1.165, 1.54) is 0 Å². The van der Waals surface area contributed by atoms with Gasteiger partial charge in [-0.2, -0.15) is 0 Å². The Kier molecular flexibility index (Phi) is 6.13. The number of methoxy groups -OCH3 is 1. The van der Waals surface area contributed by atoms with Crippen molar-refractivity contribution in [3.63, 3.8) is 0 Å². The van der Waals surface area contributed by atoms with Crippen LogP contribution in [0.4, 0.5) is 4.79 Å². The summed E-state index contributed by atoms with van der Waals surface area (Å²) in [4.78, 5) is 27.1. The average Bonchev–Trinajstić information content (AvgIpc) is 2.70. The molecule has 1 unspecified atom stereocenters. The van der Waals surface area contributed by atoms with E-state index in [0.29, 0.717) is 30.0 Å². The van der Waals surface area contributed by atoms with E-state index >= 15 is 0 Å². The molecule has 0 bridgehead atoms. The summed E-state index contributed by atoms with van der Waals surface area (Å²) in [7, 11) is 1.57. The van der Waals surface area contributed by atoms with Gasteiger partial charge in [0, 0.05) is 30.1 Å². The maximum Gasteiger partial charge on any atom is 0.410 e. The van der Waals surface area contributed by atoms with Gasteiger partial charge in [-0.15, -0.1) is 0 Å². The van der Waals surface area contributed by atoms with Crippen LogP contribution in [0.3, 0.4) is 0 Å². The molecule has 6 heteroatoms. The summed E-state index contributed by atoms with van der Waals surface area (Å²) >= 11 is 0. The van der Waals surface area contributed by atoms with Crippen molar-refractivity contribution in [2.75, 3.05) is 20.2 Å². The summed E-state index contributed by atoms with van der Waals surface area (Å²) in [5, 5.41) is 11.4. The first kappa shape index (κ1) is 21.1. The topological polar surface area (TPSA) is 76.1 Å². The minimum absolute atomic E-state index is 0.0292. The lowest BCUT2D eigenvalue weighted by molar-refractivity contribution is 0.0172. The molecule has 1 amide bonds. The van der Waals surface area contributed by atoms with Crippen molar-refractivity contribution in [2.24, 2.45) is 5.92 Å². The van der Waals surface area contributed by atoms with Crippen LogP contribution in [0.5, 0.6) is 5.75 Å². The molecule has 0 aromatic heterocycles. The monoisotopic (exact) mass is 399 g/mol. The highest BCUT2D eigenvalue weighted by molar-refractivity contribution is 6.02. The average molecular weight is 399 g/mol. The number of rotatable bonds is 4. The van der Waals surface area contributed by atoms with Crippen LogP contribution in [0.25, 0.3) is 10.8 Å². The fraction of sp³-hybridized carbons (Fsp3) is 0.478. The molecule has 6 nitrogen and oxygen atoms in total. The fourth-order valence-corrected chi connectivity index (χ4v) is 3.80. The molecule has 1 aliphatic rings. The lowest BCUT2D eigenvalue weighted by Crippen LogP contribution is -2.44. The van der Waals surface area contributed by atoms with Crippen molar-refractivity contribution in [2.45, 2.75) is 45.8 Å². The van der Waals surface area contributed by atoms with E-state index in [1.807, 2.05) is 39.0 Å². The summed E-state index contributed by atoms with van der Waals surface area (Å²) in [6.07, 6.45) is 1.16. The molecule has 0 spiro atoms. The summed E-state index contributed by atoms with van der Waals surface area (Å²) in [5.74, 6) is 0.408. The number of ketones is 1. The maximum atomic E-state index is 13.1. The number of aliphatic hydroxyl groups is 1. The largest absolute Gasteiger partial charge is 0.496 e. The van der Waals surface area contributed by atoms with Crippen molar-refractivity contribution >= 4 is 22.6 Å². The van der Waals surface area contributed by atoms with E-state index in [1.54, 1.807) is 24.1 Å². The number of benzene rings is 2. The Bertz CT molecular complexity index is 915. The first-order valence-electron chi connectivity index (χ1n) is 9.96. The van der Waals surface area contributed by atoms with Gasteiger partial charge in [0.2, 0.25) is 0 Å². The zero-order valence-corrected chi connectivity index (χ0v) is 17.5. The Morgan fingerprint density at radius 2 is 1.97 bits per heavy atom. The summed E-state index contributed by atoms with van der Waals surface area (Å²) < 4.78 is 10.8. The molecule has 0 radical (unpaired) electrons. The molecule has 1 saturated heterocycles. The van der Waals surface area contributed by atoms with Crippen LogP contribution in [0.2, 0.25) is 0 Å². The van der Waals surface area contributed by atoms with Gasteiger partial charge in [0.05, 0.1) is 13.7 Å². The fourth-order valence-electron chi connectivity index (χ4n) is 3.80. The smallest absolute Gasteiger partial charge is 0.410 e. The number of aliphatic hydroxyl groups excluding tert-OH is 1. The third kappa shape index (κ3) is 4.70. The van der Waals surface area contributed by atoms with Gasteiger partial charge in [-0.25, -0.2) is 4.79 Å². The number of hydrogen-bond donors (Lipinski definition) is 1. The van der Waals surface area contributed by atoms with Gasteiger partial charge in [0.15, 0.2) is 5.78 Å². The highest BCUT2D eigenvalue weighted by atomic mass is 16.6. The van der Waals surface area contributed by atoms with Gasteiger partial charge in [-0.05, 0) is 56.5 Å². The molecular formula is C23H29NO5. The quantitative estimate of drug-likeness (QED) is 0.781. The minimum Gasteiger partial charge on any atom is -0.496 e. The van der Waals surface area contributed by atoms with E-state index < -0.39 is 5.60 Å². The predicted octanol–water partition coefficient (Wildman–Crippen LogP) is 4.17. The molecule has 1 N–H and O–H groups in total. The summed E-state index contributed by atoms with van der Waals surface area (Å²) in [6.45, 7) is 6.35. The summed E-state index contributed by atoms with van der Waals surface area (Å²) in [5.41, 5.74) is 0.762. The van der Waals surface area contributed by atoms with Gasteiger partial charge in [-0.3, -0.25) is 4.79 Å². The number of amides is 1. The van der Waals surface area contributed by atoms with Gasteiger partial charge >= 0.3 is 6.09 Å². The number of carbonyl (C=O) groups is 2. The molecule has 3 rings (SSSR count). The van der Waals surface area contributed by atoms with Gasteiger partial charge < -0.3 is 19.5 Å². The van der Waals surface area contributed by atoms with Crippen molar-refractivity contribution in [3.8, 4) is 5.75 Å². The molecule has 2 aromatic rings.